The first-order valence-electron chi connectivity index (χ1n) is 4.53. The van der Waals surface area contributed by atoms with Gasteiger partial charge >= 0.3 is 0 Å². The van der Waals surface area contributed by atoms with Crippen molar-refractivity contribution in [3.63, 3.8) is 0 Å². The molecule has 0 spiro atoms. The average molecular weight is 165 g/mol. The second-order valence-electron chi connectivity index (χ2n) is 3.81. The van der Waals surface area contributed by atoms with Crippen molar-refractivity contribution in [2.24, 2.45) is 11.8 Å². The SMILES string of the molecule is CC1CCC1Cn1cc(N)cn1. The van der Waals surface area contributed by atoms with Crippen LogP contribution in [0.1, 0.15) is 19.8 Å². The number of hydrogen-bond acceptors (Lipinski definition) is 2. The van der Waals surface area contributed by atoms with Gasteiger partial charge in [0.15, 0.2) is 0 Å². The van der Waals surface area contributed by atoms with Gasteiger partial charge in [0.05, 0.1) is 11.9 Å². The van der Waals surface area contributed by atoms with Crippen LogP contribution >= 0.6 is 0 Å². The lowest BCUT2D eigenvalue weighted by Gasteiger charge is -2.33. The van der Waals surface area contributed by atoms with Crippen LogP contribution in [0.5, 0.6) is 0 Å². The van der Waals surface area contributed by atoms with Gasteiger partial charge in [0.25, 0.3) is 0 Å². The number of nitrogens with zero attached hydrogens (tertiary/aromatic N) is 2. The van der Waals surface area contributed by atoms with Crippen molar-refractivity contribution in [2.75, 3.05) is 5.73 Å². The zero-order valence-electron chi connectivity index (χ0n) is 7.40. The second kappa shape index (κ2) is 2.81. The lowest BCUT2D eigenvalue weighted by atomic mass is 9.75. The zero-order chi connectivity index (χ0) is 8.55. The van der Waals surface area contributed by atoms with E-state index in [4.69, 9.17) is 5.73 Å². The molecule has 1 fully saturated rings. The van der Waals surface area contributed by atoms with E-state index >= 15 is 0 Å². The lowest BCUT2D eigenvalue weighted by Crippen LogP contribution is -2.27. The molecule has 2 atom stereocenters. The molecule has 1 aliphatic carbocycles. The van der Waals surface area contributed by atoms with Crippen LogP contribution in [0.2, 0.25) is 0 Å². The first kappa shape index (κ1) is 7.65. The Kier molecular flexibility index (Phi) is 1.79. The maximum atomic E-state index is 5.57. The van der Waals surface area contributed by atoms with Crippen LogP contribution < -0.4 is 5.73 Å². The molecule has 66 valence electrons. The minimum atomic E-state index is 0.766. The van der Waals surface area contributed by atoms with Gasteiger partial charge in [-0.15, -0.1) is 0 Å². The predicted octanol–water partition coefficient (Wildman–Crippen LogP) is 1.51. The largest absolute Gasteiger partial charge is 0.396 e. The lowest BCUT2D eigenvalue weighted by molar-refractivity contribution is 0.165. The van der Waals surface area contributed by atoms with Crippen LogP contribution in [0.25, 0.3) is 0 Å². The second-order valence-corrected chi connectivity index (χ2v) is 3.81. The summed E-state index contributed by atoms with van der Waals surface area (Å²) in [6, 6.07) is 0. The summed E-state index contributed by atoms with van der Waals surface area (Å²) in [5.74, 6) is 1.69. The number of anilines is 1. The fourth-order valence-corrected chi connectivity index (χ4v) is 1.73. The van der Waals surface area contributed by atoms with Crippen molar-refractivity contribution in [1.29, 1.82) is 0 Å². The topological polar surface area (TPSA) is 43.8 Å². The molecule has 3 heteroatoms. The highest BCUT2D eigenvalue weighted by atomic mass is 15.3. The number of nitrogen functional groups attached to an aromatic ring is 1. The van der Waals surface area contributed by atoms with Crippen LogP contribution in [0, 0.1) is 11.8 Å². The molecule has 2 N–H and O–H groups in total. The third kappa shape index (κ3) is 1.31. The molecule has 2 unspecified atom stereocenters. The molecule has 1 saturated carbocycles. The number of rotatable bonds is 2. The average Bonchev–Trinajstić information content (AvgIpc) is 2.44. The normalized spacial score (nSPS) is 28.4. The van der Waals surface area contributed by atoms with Gasteiger partial charge in [0.1, 0.15) is 0 Å². The summed E-state index contributed by atoms with van der Waals surface area (Å²) in [6.07, 6.45) is 6.34. The smallest absolute Gasteiger partial charge is 0.0719 e. The van der Waals surface area contributed by atoms with Gasteiger partial charge in [0.2, 0.25) is 0 Å². The molecular weight excluding hydrogens is 150 g/mol. The first-order chi connectivity index (χ1) is 5.75. The van der Waals surface area contributed by atoms with Crippen molar-refractivity contribution in [2.45, 2.75) is 26.3 Å². The summed E-state index contributed by atoms with van der Waals surface area (Å²) in [4.78, 5) is 0. The van der Waals surface area contributed by atoms with Crippen molar-refractivity contribution >= 4 is 5.69 Å². The van der Waals surface area contributed by atoms with Crippen LogP contribution in [0.3, 0.4) is 0 Å². The first-order valence-corrected chi connectivity index (χ1v) is 4.53. The van der Waals surface area contributed by atoms with E-state index in [1.807, 2.05) is 10.9 Å². The fraction of sp³-hybridized carbons (Fsp3) is 0.667. The molecule has 1 aliphatic rings. The Morgan fingerprint density at radius 3 is 2.92 bits per heavy atom. The number of hydrogen-bond donors (Lipinski definition) is 1. The van der Waals surface area contributed by atoms with Gasteiger partial charge in [-0.05, 0) is 18.3 Å². The standard InChI is InChI=1S/C9H15N3/c1-7-2-3-8(7)5-12-6-9(10)4-11-12/h4,6-8H,2-3,5,10H2,1H3. The van der Waals surface area contributed by atoms with Crippen molar-refractivity contribution in [1.82, 2.24) is 9.78 Å². The van der Waals surface area contributed by atoms with Crippen LogP contribution in [-0.4, -0.2) is 9.78 Å². The van der Waals surface area contributed by atoms with Crippen LogP contribution in [0.4, 0.5) is 5.69 Å². The number of nitrogens with two attached hydrogens (primary N) is 1. The molecule has 0 aliphatic heterocycles. The Bertz CT molecular complexity index is 266. The highest BCUT2D eigenvalue weighted by Gasteiger charge is 2.26. The summed E-state index contributed by atoms with van der Waals surface area (Å²) < 4.78 is 1.95. The quantitative estimate of drug-likeness (QED) is 0.722. The Labute approximate surface area is 72.6 Å². The summed E-state index contributed by atoms with van der Waals surface area (Å²) >= 11 is 0. The van der Waals surface area contributed by atoms with Gasteiger partial charge in [-0.25, -0.2) is 0 Å². The molecular formula is C9H15N3. The molecule has 1 heterocycles. The third-order valence-electron chi connectivity index (χ3n) is 2.87. The van der Waals surface area contributed by atoms with E-state index < -0.39 is 0 Å². The van der Waals surface area contributed by atoms with Crippen molar-refractivity contribution < 1.29 is 0 Å². The minimum absolute atomic E-state index is 0.766. The molecule has 0 bridgehead atoms. The molecule has 1 aromatic heterocycles. The fourth-order valence-electron chi connectivity index (χ4n) is 1.73. The van der Waals surface area contributed by atoms with Crippen LogP contribution in [0.15, 0.2) is 12.4 Å². The van der Waals surface area contributed by atoms with Crippen molar-refractivity contribution in [3.05, 3.63) is 12.4 Å². The van der Waals surface area contributed by atoms with Gasteiger partial charge in [-0.1, -0.05) is 13.3 Å². The highest BCUT2D eigenvalue weighted by Crippen LogP contribution is 2.34. The van der Waals surface area contributed by atoms with Crippen LogP contribution in [-0.2, 0) is 6.54 Å². The highest BCUT2D eigenvalue weighted by molar-refractivity contribution is 5.30. The molecule has 1 aromatic rings. The van der Waals surface area contributed by atoms with E-state index in [9.17, 15) is 0 Å². The van der Waals surface area contributed by atoms with E-state index in [0.29, 0.717) is 0 Å². The predicted molar refractivity (Wildman–Crippen MR) is 48.5 cm³/mol. The minimum Gasteiger partial charge on any atom is -0.396 e. The third-order valence-corrected chi connectivity index (χ3v) is 2.87. The van der Waals surface area contributed by atoms with E-state index in [1.54, 1.807) is 6.20 Å². The van der Waals surface area contributed by atoms with Gasteiger partial charge in [-0.3, -0.25) is 4.68 Å². The molecule has 0 radical (unpaired) electrons. The molecule has 0 saturated heterocycles. The summed E-state index contributed by atoms with van der Waals surface area (Å²) in [5.41, 5.74) is 6.33. The monoisotopic (exact) mass is 165 g/mol. The summed E-state index contributed by atoms with van der Waals surface area (Å²) in [5, 5.41) is 4.16. The zero-order valence-corrected chi connectivity index (χ0v) is 7.40. The molecule has 12 heavy (non-hydrogen) atoms. The molecule has 3 nitrogen and oxygen atoms in total. The molecule has 2 rings (SSSR count). The van der Waals surface area contributed by atoms with Gasteiger partial charge < -0.3 is 5.73 Å². The van der Waals surface area contributed by atoms with E-state index in [2.05, 4.69) is 12.0 Å². The van der Waals surface area contributed by atoms with Crippen molar-refractivity contribution in [3.8, 4) is 0 Å². The van der Waals surface area contributed by atoms with E-state index in [-0.39, 0.29) is 0 Å². The maximum Gasteiger partial charge on any atom is 0.0719 e. The number of aromatic nitrogens is 2. The molecule has 0 amide bonds. The Morgan fingerprint density at radius 2 is 2.50 bits per heavy atom. The Hall–Kier alpha value is -0.990. The van der Waals surface area contributed by atoms with Gasteiger partial charge in [-0.2, -0.15) is 5.10 Å². The van der Waals surface area contributed by atoms with E-state index in [0.717, 1.165) is 24.1 Å². The maximum absolute atomic E-state index is 5.57. The summed E-state index contributed by atoms with van der Waals surface area (Å²) in [6.45, 7) is 3.35. The van der Waals surface area contributed by atoms with Gasteiger partial charge in [0, 0.05) is 12.7 Å². The van der Waals surface area contributed by atoms with E-state index in [1.165, 1.54) is 12.8 Å². The molecule has 0 aromatic carbocycles. The summed E-state index contributed by atoms with van der Waals surface area (Å²) in [7, 11) is 0. The Balaban J connectivity index is 1.95. The Morgan fingerprint density at radius 1 is 1.67 bits per heavy atom.